The van der Waals surface area contributed by atoms with Crippen molar-refractivity contribution in [2.24, 2.45) is 0 Å². The van der Waals surface area contributed by atoms with E-state index in [0.717, 1.165) is 21.2 Å². The molecule has 2 amide bonds. The van der Waals surface area contributed by atoms with Crippen LogP contribution in [-0.4, -0.2) is 21.8 Å². The van der Waals surface area contributed by atoms with E-state index in [4.69, 9.17) is 4.42 Å². The van der Waals surface area contributed by atoms with Gasteiger partial charge in [0.05, 0.1) is 22.8 Å². The van der Waals surface area contributed by atoms with Crippen molar-refractivity contribution in [2.75, 3.05) is 5.32 Å². The Bertz CT molecular complexity index is 1220. The molecule has 0 aliphatic heterocycles. The predicted molar refractivity (Wildman–Crippen MR) is 120 cm³/mol. The zero-order chi connectivity index (χ0) is 21.3. The normalized spacial score (nSPS) is 10.9. The minimum absolute atomic E-state index is 0.0627. The van der Waals surface area contributed by atoms with Gasteiger partial charge in [-0.25, -0.2) is 9.97 Å². The van der Waals surface area contributed by atoms with Crippen LogP contribution in [0.15, 0.2) is 34.1 Å². The monoisotopic (exact) mass is 458 g/mol. The molecule has 30 heavy (non-hydrogen) atoms. The lowest BCUT2D eigenvalue weighted by Crippen LogP contribution is -2.17. The maximum atomic E-state index is 12.7. The largest absolute Gasteiger partial charge is 0.459 e. The van der Waals surface area contributed by atoms with Gasteiger partial charge in [-0.2, -0.15) is 0 Å². The smallest absolute Gasteiger partial charge is 0.269 e. The van der Waals surface area contributed by atoms with E-state index in [1.165, 1.54) is 29.6 Å². The van der Waals surface area contributed by atoms with Gasteiger partial charge >= 0.3 is 0 Å². The van der Waals surface area contributed by atoms with Crippen LogP contribution >= 0.6 is 34.0 Å². The fraction of sp³-hybridized carbons (Fsp3) is 0.200. The lowest BCUT2D eigenvalue weighted by molar-refractivity contribution is -0.119. The second kappa shape index (κ2) is 8.50. The summed E-state index contributed by atoms with van der Waals surface area (Å²) in [4.78, 5) is 35.3. The van der Waals surface area contributed by atoms with E-state index >= 15 is 0 Å². The third-order valence-electron chi connectivity index (χ3n) is 4.10. The van der Waals surface area contributed by atoms with Gasteiger partial charge < -0.3 is 9.73 Å². The van der Waals surface area contributed by atoms with Crippen molar-refractivity contribution in [2.45, 2.75) is 27.3 Å². The Labute approximate surface area is 184 Å². The summed E-state index contributed by atoms with van der Waals surface area (Å²) >= 11 is 4.22. The molecule has 7 nitrogen and oxygen atoms in total. The topological polar surface area (TPSA) is 97.1 Å². The number of amides is 2. The van der Waals surface area contributed by atoms with E-state index in [9.17, 15) is 9.59 Å². The summed E-state index contributed by atoms with van der Waals surface area (Å²) in [5.41, 5.74) is 1.45. The molecular formula is C20H18N4O3S3. The lowest BCUT2D eigenvalue weighted by Gasteiger charge is -1.99. The molecule has 0 spiro atoms. The molecule has 4 rings (SSSR count). The second-order valence-corrected chi connectivity index (χ2v) is 9.54. The van der Waals surface area contributed by atoms with E-state index in [2.05, 4.69) is 20.6 Å². The van der Waals surface area contributed by atoms with Gasteiger partial charge in [-0.3, -0.25) is 14.9 Å². The number of hydrogen-bond acceptors (Lipinski definition) is 8. The van der Waals surface area contributed by atoms with E-state index in [-0.39, 0.29) is 11.8 Å². The highest BCUT2D eigenvalue weighted by Gasteiger charge is 2.19. The number of nitrogens with zero attached hydrogens (tertiary/aromatic N) is 2. The van der Waals surface area contributed by atoms with Gasteiger partial charge in [-0.05, 0) is 38.1 Å². The highest BCUT2D eigenvalue weighted by Crippen LogP contribution is 2.32. The molecular weight excluding hydrogens is 440 g/mol. The summed E-state index contributed by atoms with van der Waals surface area (Å²) in [6.07, 6.45) is 0. The first-order chi connectivity index (χ1) is 14.4. The number of aromatic nitrogens is 2. The molecule has 2 N–H and O–H groups in total. The zero-order valence-electron chi connectivity index (χ0n) is 16.4. The number of hydrogen-bond donors (Lipinski definition) is 2. The number of anilines is 1. The predicted octanol–water partition coefficient (Wildman–Crippen LogP) is 5.09. The third kappa shape index (κ3) is 4.50. The molecule has 0 unspecified atom stereocenters. The SMILES string of the molecule is CC(=O)NCc1ccc(-c2csc(NC(=O)c3sc(-c4ccc(C)o4)nc3C)n2)s1. The van der Waals surface area contributed by atoms with Crippen LogP contribution in [0.4, 0.5) is 5.13 Å². The summed E-state index contributed by atoms with van der Waals surface area (Å²) in [5, 5.41) is 8.75. The fourth-order valence-electron chi connectivity index (χ4n) is 2.68. The molecule has 0 bridgehead atoms. The number of furan rings is 1. The number of thiazole rings is 2. The standard InChI is InChI=1S/C20H18N4O3S3/c1-10-4-6-15(27-10)19-22-11(2)17(30-19)18(26)24-20-23-14(9-28-20)16-7-5-13(29-16)8-21-12(3)25/h4-7,9H,8H2,1-3H3,(H,21,25)(H,23,24,26). The van der Waals surface area contributed by atoms with Crippen LogP contribution in [0.1, 0.15) is 32.9 Å². The first-order valence-corrected chi connectivity index (χ1v) is 11.5. The van der Waals surface area contributed by atoms with Crippen molar-refractivity contribution in [3.05, 3.63) is 50.9 Å². The van der Waals surface area contributed by atoms with Gasteiger partial charge in [0.1, 0.15) is 10.6 Å². The number of thiophene rings is 1. The average Bonchev–Trinajstić information content (AvgIpc) is 3.46. The van der Waals surface area contributed by atoms with Crippen LogP contribution in [0.3, 0.4) is 0 Å². The number of nitrogens with one attached hydrogen (secondary N) is 2. The molecule has 0 saturated heterocycles. The Hall–Kier alpha value is -2.82. The van der Waals surface area contributed by atoms with E-state index in [0.29, 0.717) is 33.0 Å². The Balaban J connectivity index is 1.46. The van der Waals surface area contributed by atoms with Gasteiger partial charge in [0.15, 0.2) is 15.9 Å². The van der Waals surface area contributed by atoms with Gasteiger partial charge in [0.2, 0.25) is 5.91 Å². The number of rotatable bonds is 6. The first kappa shape index (κ1) is 20.5. The van der Waals surface area contributed by atoms with Gasteiger partial charge in [0.25, 0.3) is 5.91 Å². The minimum Gasteiger partial charge on any atom is -0.459 e. The van der Waals surface area contributed by atoms with Crippen molar-refractivity contribution in [1.29, 1.82) is 0 Å². The molecule has 4 aromatic heterocycles. The first-order valence-electron chi connectivity index (χ1n) is 9.03. The average molecular weight is 459 g/mol. The molecule has 0 aliphatic rings. The van der Waals surface area contributed by atoms with Crippen molar-refractivity contribution in [3.63, 3.8) is 0 Å². The van der Waals surface area contributed by atoms with Crippen molar-refractivity contribution in [3.8, 4) is 21.3 Å². The van der Waals surface area contributed by atoms with Crippen molar-refractivity contribution < 1.29 is 14.0 Å². The summed E-state index contributed by atoms with van der Waals surface area (Å²) in [7, 11) is 0. The minimum atomic E-state index is -0.238. The van der Waals surface area contributed by atoms with Crippen LogP contribution < -0.4 is 10.6 Å². The molecule has 0 aliphatic carbocycles. The van der Waals surface area contributed by atoms with Crippen molar-refractivity contribution >= 4 is 51.0 Å². The molecule has 10 heteroatoms. The lowest BCUT2D eigenvalue weighted by atomic mass is 10.3. The van der Waals surface area contributed by atoms with Gasteiger partial charge in [0, 0.05) is 17.2 Å². The van der Waals surface area contributed by atoms with Crippen LogP contribution in [-0.2, 0) is 11.3 Å². The van der Waals surface area contributed by atoms with Gasteiger partial charge in [-0.1, -0.05) is 0 Å². The van der Waals surface area contributed by atoms with Crippen LogP contribution in [0.25, 0.3) is 21.3 Å². The Morgan fingerprint density at radius 3 is 2.67 bits per heavy atom. The molecule has 0 fully saturated rings. The maximum Gasteiger partial charge on any atom is 0.269 e. The maximum absolute atomic E-state index is 12.7. The highest BCUT2D eigenvalue weighted by atomic mass is 32.1. The van der Waals surface area contributed by atoms with Crippen LogP contribution in [0, 0.1) is 13.8 Å². The van der Waals surface area contributed by atoms with E-state index in [1.807, 2.05) is 36.6 Å². The van der Waals surface area contributed by atoms with Crippen LogP contribution in [0.2, 0.25) is 0 Å². The van der Waals surface area contributed by atoms with Crippen molar-refractivity contribution in [1.82, 2.24) is 15.3 Å². The number of carbonyl (C=O) groups excluding carboxylic acids is 2. The Morgan fingerprint density at radius 1 is 1.10 bits per heavy atom. The summed E-state index contributed by atoms with van der Waals surface area (Å²) in [6, 6.07) is 7.65. The fourth-order valence-corrected chi connectivity index (χ4v) is 5.29. The summed E-state index contributed by atoms with van der Waals surface area (Å²) in [5.74, 6) is 1.15. The van der Waals surface area contributed by atoms with Gasteiger partial charge in [-0.15, -0.1) is 34.0 Å². The molecule has 4 aromatic rings. The van der Waals surface area contributed by atoms with Crippen LogP contribution in [0.5, 0.6) is 0 Å². The molecule has 154 valence electrons. The zero-order valence-corrected chi connectivity index (χ0v) is 18.9. The third-order valence-corrected chi connectivity index (χ3v) is 7.14. The second-order valence-electron chi connectivity index (χ2n) is 6.51. The molecule has 0 saturated carbocycles. The van der Waals surface area contributed by atoms with E-state index in [1.54, 1.807) is 18.3 Å². The number of aryl methyl sites for hydroxylation is 2. The number of carbonyl (C=O) groups is 2. The Kier molecular flexibility index (Phi) is 5.80. The molecule has 0 atom stereocenters. The van der Waals surface area contributed by atoms with E-state index < -0.39 is 0 Å². The summed E-state index contributed by atoms with van der Waals surface area (Å²) in [6.45, 7) is 5.66. The Morgan fingerprint density at radius 2 is 1.93 bits per heavy atom. The molecule has 0 radical (unpaired) electrons. The summed E-state index contributed by atoms with van der Waals surface area (Å²) < 4.78 is 5.60. The molecule has 4 heterocycles. The quantitative estimate of drug-likeness (QED) is 0.419. The highest BCUT2D eigenvalue weighted by molar-refractivity contribution is 7.18. The molecule has 0 aromatic carbocycles.